The van der Waals surface area contributed by atoms with Gasteiger partial charge in [-0.05, 0) is 13.8 Å². The van der Waals surface area contributed by atoms with Crippen LogP contribution in [0.2, 0.25) is 0 Å². The molecule has 0 aromatic carbocycles. The lowest BCUT2D eigenvalue weighted by molar-refractivity contribution is -0.145. The number of hydrogen-bond donors (Lipinski definition) is 2. The van der Waals surface area contributed by atoms with Crippen LogP contribution in [0.15, 0.2) is 0 Å². The number of cyclic esters (lactones) is 1. The largest absolute Gasteiger partial charge is 0.480 e. The molecular formula is C8H13NO4. The Morgan fingerprint density at radius 2 is 2.31 bits per heavy atom. The molecule has 1 aliphatic rings. The Hall–Kier alpha value is -1.10. The van der Waals surface area contributed by atoms with Crippen LogP contribution in [0.25, 0.3) is 0 Å². The highest BCUT2D eigenvalue weighted by atomic mass is 16.5. The number of carboxylic acid groups (broad SMARTS) is 1. The van der Waals surface area contributed by atoms with Gasteiger partial charge >= 0.3 is 11.9 Å². The molecule has 5 heteroatoms. The minimum absolute atomic E-state index is 0.366. The van der Waals surface area contributed by atoms with Crippen molar-refractivity contribution in [3.05, 3.63) is 0 Å². The lowest BCUT2D eigenvalue weighted by atomic mass is 10.0. The molecule has 13 heavy (non-hydrogen) atoms. The molecule has 0 spiro atoms. The van der Waals surface area contributed by atoms with E-state index in [0.29, 0.717) is 13.0 Å². The predicted octanol–water partition coefficient (Wildman–Crippen LogP) is -0.245. The fourth-order valence-electron chi connectivity index (χ4n) is 1.12. The van der Waals surface area contributed by atoms with Crippen LogP contribution >= 0.6 is 0 Å². The number of rotatable bonds is 3. The van der Waals surface area contributed by atoms with Crippen LogP contribution in [0, 0.1) is 0 Å². The average molecular weight is 187 g/mol. The summed E-state index contributed by atoms with van der Waals surface area (Å²) in [6.07, 6.45) is 0.537. The SMILES string of the molecule is CC(C)(NC1CCOC1=O)C(=O)O. The monoisotopic (exact) mass is 187 g/mol. The molecule has 1 fully saturated rings. The first-order valence-electron chi connectivity index (χ1n) is 4.11. The summed E-state index contributed by atoms with van der Waals surface area (Å²) >= 11 is 0. The molecule has 0 aliphatic carbocycles. The molecule has 1 rings (SSSR count). The molecule has 0 saturated carbocycles. The molecular weight excluding hydrogens is 174 g/mol. The van der Waals surface area contributed by atoms with E-state index in [2.05, 4.69) is 5.32 Å². The molecule has 1 unspecified atom stereocenters. The second kappa shape index (κ2) is 3.33. The van der Waals surface area contributed by atoms with E-state index in [4.69, 9.17) is 9.84 Å². The molecule has 0 aromatic heterocycles. The van der Waals surface area contributed by atoms with E-state index < -0.39 is 17.6 Å². The molecule has 2 N–H and O–H groups in total. The van der Waals surface area contributed by atoms with Crippen LogP contribution in [0.1, 0.15) is 20.3 Å². The Labute approximate surface area is 76.1 Å². The zero-order valence-corrected chi connectivity index (χ0v) is 7.66. The number of carbonyl (C=O) groups is 2. The van der Waals surface area contributed by atoms with Crippen molar-refractivity contribution in [3.63, 3.8) is 0 Å². The van der Waals surface area contributed by atoms with Crippen LogP contribution in [0.5, 0.6) is 0 Å². The number of ether oxygens (including phenoxy) is 1. The van der Waals surface area contributed by atoms with Crippen molar-refractivity contribution >= 4 is 11.9 Å². The van der Waals surface area contributed by atoms with E-state index in [-0.39, 0.29) is 5.97 Å². The van der Waals surface area contributed by atoms with Gasteiger partial charge in [0.05, 0.1) is 6.61 Å². The van der Waals surface area contributed by atoms with Gasteiger partial charge in [0.15, 0.2) is 0 Å². The number of aliphatic carboxylic acids is 1. The summed E-state index contributed by atoms with van der Waals surface area (Å²) in [6, 6.07) is -0.480. The van der Waals surface area contributed by atoms with Crippen LogP contribution in [-0.2, 0) is 14.3 Å². The van der Waals surface area contributed by atoms with Gasteiger partial charge in [-0.15, -0.1) is 0 Å². The number of esters is 1. The fraction of sp³-hybridized carbons (Fsp3) is 0.750. The predicted molar refractivity (Wildman–Crippen MR) is 44.2 cm³/mol. The number of nitrogens with one attached hydrogen (secondary N) is 1. The molecule has 1 atom stereocenters. The molecule has 1 aliphatic heterocycles. The van der Waals surface area contributed by atoms with Gasteiger partial charge in [0.1, 0.15) is 11.6 Å². The third-order valence-corrected chi connectivity index (χ3v) is 2.01. The van der Waals surface area contributed by atoms with E-state index in [1.54, 1.807) is 0 Å². The van der Waals surface area contributed by atoms with Crippen molar-refractivity contribution in [2.24, 2.45) is 0 Å². The van der Waals surface area contributed by atoms with Crippen LogP contribution in [-0.4, -0.2) is 35.2 Å². The highest BCUT2D eigenvalue weighted by molar-refractivity contribution is 5.81. The zero-order valence-electron chi connectivity index (χ0n) is 7.66. The van der Waals surface area contributed by atoms with Crippen LogP contribution < -0.4 is 5.32 Å². The Kier molecular flexibility index (Phi) is 2.56. The molecule has 74 valence electrons. The van der Waals surface area contributed by atoms with Gasteiger partial charge in [0, 0.05) is 6.42 Å². The Bertz CT molecular complexity index is 236. The topological polar surface area (TPSA) is 75.6 Å². The van der Waals surface area contributed by atoms with E-state index in [0.717, 1.165) is 0 Å². The molecule has 5 nitrogen and oxygen atoms in total. The normalized spacial score (nSPS) is 22.9. The first-order valence-corrected chi connectivity index (χ1v) is 4.11. The Morgan fingerprint density at radius 3 is 2.69 bits per heavy atom. The summed E-state index contributed by atoms with van der Waals surface area (Å²) in [4.78, 5) is 21.7. The molecule has 0 radical (unpaired) electrons. The highest BCUT2D eigenvalue weighted by Crippen LogP contribution is 2.11. The van der Waals surface area contributed by atoms with Crippen molar-refractivity contribution < 1.29 is 19.4 Å². The molecule has 1 saturated heterocycles. The third kappa shape index (κ3) is 2.18. The maximum absolute atomic E-state index is 11.0. The molecule has 0 aromatic rings. The van der Waals surface area contributed by atoms with Gasteiger partial charge in [-0.3, -0.25) is 14.9 Å². The Balaban J connectivity index is 2.57. The van der Waals surface area contributed by atoms with Crippen molar-refractivity contribution in [3.8, 4) is 0 Å². The van der Waals surface area contributed by atoms with Gasteiger partial charge in [0.2, 0.25) is 0 Å². The first kappa shape index (κ1) is 9.98. The minimum atomic E-state index is -1.09. The van der Waals surface area contributed by atoms with Crippen molar-refractivity contribution in [2.75, 3.05) is 6.61 Å². The maximum Gasteiger partial charge on any atom is 0.323 e. The maximum atomic E-state index is 11.0. The first-order chi connectivity index (χ1) is 5.93. The van der Waals surface area contributed by atoms with Gasteiger partial charge in [-0.2, -0.15) is 0 Å². The Morgan fingerprint density at radius 1 is 1.69 bits per heavy atom. The molecule has 0 amide bonds. The van der Waals surface area contributed by atoms with Gasteiger partial charge < -0.3 is 9.84 Å². The van der Waals surface area contributed by atoms with Gasteiger partial charge in [-0.1, -0.05) is 0 Å². The third-order valence-electron chi connectivity index (χ3n) is 2.01. The van der Waals surface area contributed by atoms with E-state index >= 15 is 0 Å². The van der Waals surface area contributed by atoms with Crippen molar-refractivity contribution in [1.82, 2.24) is 5.32 Å². The van der Waals surface area contributed by atoms with Crippen molar-refractivity contribution in [1.29, 1.82) is 0 Å². The summed E-state index contributed by atoms with van der Waals surface area (Å²) in [5.74, 6) is -1.35. The van der Waals surface area contributed by atoms with Crippen LogP contribution in [0.4, 0.5) is 0 Å². The lowest BCUT2D eigenvalue weighted by Gasteiger charge is -2.23. The quantitative estimate of drug-likeness (QED) is 0.596. The summed E-state index contributed by atoms with van der Waals surface area (Å²) in [7, 11) is 0. The standard InChI is InChI=1S/C8H13NO4/c1-8(2,7(11)12)9-5-3-4-13-6(5)10/h5,9H,3-4H2,1-2H3,(H,11,12). The minimum Gasteiger partial charge on any atom is -0.480 e. The molecule has 1 heterocycles. The summed E-state index contributed by atoms with van der Waals surface area (Å²) in [6.45, 7) is 3.40. The van der Waals surface area contributed by atoms with Crippen LogP contribution in [0.3, 0.4) is 0 Å². The zero-order chi connectivity index (χ0) is 10.1. The molecule has 0 bridgehead atoms. The van der Waals surface area contributed by atoms with E-state index in [1.165, 1.54) is 13.8 Å². The number of carboxylic acids is 1. The summed E-state index contributed by atoms with van der Waals surface area (Å²) in [5.41, 5.74) is -1.09. The van der Waals surface area contributed by atoms with Gasteiger partial charge in [-0.25, -0.2) is 0 Å². The highest BCUT2D eigenvalue weighted by Gasteiger charge is 2.35. The summed E-state index contributed by atoms with van der Waals surface area (Å²) in [5, 5.41) is 11.5. The van der Waals surface area contributed by atoms with Crippen molar-refractivity contribution in [2.45, 2.75) is 31.8 Å². The average Bonchev–Trinajstić information content (AvgIpc) is 2.35. The smallest absolute Gasteiger partial charge is 0.323 e. The second-order valence-electron chi connectivity index (χ2n) is 3.58. The summed E-state index contributed by atoms with van der Waals surface area (Å²) < 4.78 is 4.70. The lowest BCUT2D eigenvalue weighted by Crippen LogP contribution is -2.52. The number of hydrogen-bond acceptors (Lipinski definition) is 4. The van der Waals surface area contributed by atoms with Gasteiger partial charge in [0.25, 0.3) is 0 Å². The van der Waals surface area contributed by atoms with E-state index in [1.807, 2.05) is 0 Å². The van der Waals surface area contributed by atoms with E-state index in [9.17, 15) is 9.59 Å². The number of carbonyl (C=O) groups excluding carboxylic acids is 1. The second-order valence-corrected chi connectivity index (χ2v) is 3.58. The fourth-order valence-corrected chi connectivity index (χ4v) is 1.12.